The quantitative estimate of drug-likeness (QED) is 0.705. The van der Waals surface area contributed by atoms with Crippen molar-refractivity contribution in [1.82, 2.24) is 24.7 Å². The van der Waals surface area contributed by atoms with Gasteiger partial charge < -0.3 is 20.6 Å². The van der Waals surface area contributed by atoms with Crippen LogP contribution >= 0.6 is 0 Å². The fourth-order valence-corrected chi connectivity index (χ4v) is 1.57. The van der Waals surface area contributed by atoms with Gasteiger partial charge >= 0.3 is 0 Å². The minimum Gasteiger partial charge on any atom is -0.382 e. The van der Waals surface area contributed by atoms with E-state index in [1.807, 2.05) is 25.5 Å². The summed E-state index contributed by atoms with van der Waals surface area (Å²) < 4.78 is 1.85. The summed E-state index contributed by atoms with van der Waals surface area (Å²) in [5.41, 5.74) is 5.76. The molecule has 2 aromatic heterocycles. The molecule has 0 fully saturated rings. The van der Waals surface area contributed by atoms with E-state index in [-0.39, 0.29) is 6.04 Å². The Labute approximate surface area is 93.1 Å². The van der Waals surface area contributed by atoms with Crippen LogP contribution in [0.15, 0.2) is 6.33 Å². The van der Waals surface area contributed by atoms with Crippen molar-refractivity contribution < 1.29 is 0 Å². The molecule has 16 heavy (non-hydrogen) atoms. The normalized spacial score (nSPS) is 12.7. The van der Waals surface area contributed by atoms with Crippen molar-refractivity contribution >= 4 is 11.6 Å². The molecular formula is C9H15N7. The predicted molar refractivity (Wildman–Crippen MR) is 60.8 cm³/mol. The molecule has 7 nitrogen and oxygen atoms in total. The van der Waals surface area contributed by atoms with Crippen LogP contribution in [0.1, 0.15) is 24.6 Å². The highest BCUT2D eigenvalue weighted by Crippen LogP contribution is 2.20. The predicted octanol–water partition coefficient (Wildman–Crippen LogP) is 0.602. The van der Waals surface area contributed by atoms with Crippen LogP contribution in [0, 0.1) is 6.92 Å². The number of H-pyrrole nitrogens is 1. The number of imidazole rings is 1. The monoisotopic (exact) mass is 221 g/mol. The van der Waals surface area contributed by atoms with Gasteiger partial charge in [0, 0.05) is 7.05 Å². The van der Waals surface area contributed by atoms with Crippen molar-refractivity contribution in [2.75, 3.05) is 11.1 Å². The fraction of sp³-hybridized carbons (Fsp3) is 0.444. The molecule has 0 amide bonds. The van der Waals surface area contributed by atoms with Gasteiger partial charge in [0.05, 0.1) is 6.04 Å². The van der Waals surface area contributed by atoms with Crippen molar-refractivity contribution in [2.45, 2.75) is 19.9 Å². The summed E-state index contributed by atoms with van der Waals surface area (Å²) in [6.45, 7) is 3.84. The maximum atomic E-state index is 5.76. The number of nitrogens with zero attached hydrogens (tertiary/aromatic N) is 4. The number of rotatable bonds is 3. The van der Waals surface area contributed by atoms with Crippen molar-refractivity contribution in [3.05, 3.63) is 18.0 Å². The number of hydrogen-bond donors (Lipinski definition) is 3. The van der Waals surface area contributed by atoms with Gasteiger partial charge in [0.15, 0.2) is 11.6 Å². The second-order valence-electron chi connectivity index (χ2n) is 3.75. The average Bonchev–Trinajstić information content (AvgIpc) is 2.74. The highest BCUT2D eigenvalue weighted by atomic mass is 15.3. The lowest BCUT2D eigenvalue weighted by molar-refractivity contribution is 0.717. The largest absolute Gasteiger partial charge is 0.382 e. The van der Waals surface area contributed by atoms with Crippen LogP contribution < -0.4 is 11.1 Å². The van der Waals surface area contributed by atoms with Gasteiger partial charge in [0.1, 0.15) is 18.0 Å². The molecule has 0 saturated heterocycles. The second kappa shape index (κ2) is 3.84. The lowest BCUT2D eigenvalue weighted by atomic mass is 10.3. The van der Waals surface area contributed by atoms with Crippen LogP contribution in [-0.2, 0) is 7.05 Å². The van der Waals surface area contributed by atoms with Crippen LogP contribution in [-0.4, -0.2) is 24.7 Å². The highest BCUT2D eigenvalue weighted by Gasteiger charge is 2.14. The van der Waals surface area contributed by atoms with Crippen LogP contribution in [0.25, 0.3) is 0 Å². The summed E-state index contributed by atoms with van der Waals surface area (Å²) in [7, 11) is 1.90. The van der Waals surface area contributed by atoms with Crippen LogP contribution in [0.3, 0.4) is 0 Å². The third-order valence-corrected chi connectivity index (χ3v) is 2.34. The fourth-order valence-electron chi connectivity index (χ4n) is 1.57. The standard InChI is InChI=1S/C9H15N7/c1-5(9-15-11-4-16(9)3)12-8-7(10)13-6(2)14-8/h4-5,12H,10H2,1-3H3,(H,13,14). The van der Waals surface area contributed by atoms with Crippen molar-refractivity contribution in [3.8, 4) is 0 Å². The number of aromatic amines is 1. The molecule has 86 valence electrons. The van der Waals surface area contributed by atoms with Gasteiger partial charge in [0.25, 0.3) is 0 Å². The Morgan fingerprint density at radius 2 is 2.31 bits per heavy atom. The zero-order valence-corrected chi connectivity index (χ0v) is 9.52. The first-order valence-electron chi connectivity index (χ1n) is 5.00. The molecule has 0 radical (unpaired) electrons. The van der Waals surface area contributed by atoms with E-state index in [2.05, 4.69) is 25.5 Å². The summed E-state index contributed by atoms with van der Waals surface area (Å²) in [4.78, 5) is 7.17. The molecule has 2 heterocycles. The molecule has 0 aliphatic rings. The second-order valence-corrected chi connectivity index (χ2v) is 3.75. The van der Waals surface area contributed by atoms with Gasteiger partial charge in [-0.15, -0.1) is 10.2 Å². The number of nitrogen functional groups attached to an aromatic ring is 1. The summed E-state index contributed by atoms with van der Waals surface area (Å²) >= 11 is 0. The Morgan fingerprint density at radius 1 is 1.56 bits per heavy atom. The minimum atomic E-state index is -0.00231. The van der Waals surface area contributed by atoms with E-state index in [9.17, 15) is 0 Å². The number of hydrogen-bond acceptors (Lipinski definition) is 5. The van der Waals surface area contributed by atoms with E-state index in [0.717, 1.165) is 11.6 Å². The Hall–Kier alpha value is -2.05. The van der Waals surface area contributed by atoms with Crippen LogP contribution in [0.5, 0.6) is 0 Å². The molecule has 1 unspecified atom stereocenters. The van der Waals surface area contributed by atoms with Gasteiger partial charge in [-0.25, -0.2) is 4.98 Å². The van der Waals surface area contributed by atoms with Crippen LogP contribution in [0.2, 0.25) is 0 Å². The Bertz CT molecular complexity index is 484. The summed E-state index contributed by atoms with van der Waals surface area (Å²) in [5.74, 6) is 2.80. The van der Waals surface area contributed by atoms with Crippen molar-refractivity contribution in [3.63, 3.8) is 0 Å². The first kappa shape index (κ1) is 10.5. The van der Waals surface area contributed by atoms with E-state index in [0.29, 0.717) is 11.6 Å². The van der Waals surface area contributed by atoms with Crippen molar-refractivity contribution in [2.24, 2.45) is 7.05 Å². The molecule has 0 aliphatic heterocycles. The third kappa shape index (κ3) is 1.83. The lowest BCUT2D eigenvalue weighted by Gasteiger charge is -2.12. The van der Waals surface area contributed by atoms with Crippen LogP contribution in [0.4, 0.5) is 11.6 Å². The summed E-state index contributed by atoms with van der Waals surface area (Å²) in [6, 6.07) is -0.00231. The molecule has 4 N–H and O–H groups in total. The molecule has 0 spiro atoms. The first-order chi connectivity index (χ1) is 7.58. The smallest absolute Gasteiger partial charge is 0.169 e. The average molecular weight is 221 g/mol. The maximum absolute atomic E-state index is 5.76. The molecule has 7 heteroatoms. The van der Waals surface area contributed by atoms with E-state index < -0.39 is 0 Å². The lowest BCUT2D eigenvalue weighted by Crippen LogP contribution is -2.13. The SMILES string of the molecule is Cc1nc(NC(C)c2nncn2C)c(N)[nH]1. The number of nitrogens with two attached hydrogens (primary N) is 1. The Morgan fingerprint density at radius 3 is 2.81 bits per heavy atom. The van der Waals surface area contributed by atoms with Gasteiger partial charge in [0.2, 0.25) is 0 Å². The topological polar surface area (TPSA) is 97.4 Å². The summed E-state index contributed by atoms with van der Waals surface area (Å²) in [6.07, 6.45) is 1.66. The Balaban J connectivity index is 2.16. The molecule has 2 rings (SSSR count). The molecular weight excluding hydrogens is 206 g/mol. The summed E-state index contributed by atoms with van der Waals surface area (Å²) in [5, 5.41) is 11.0. The first-order valence-corrected chi connectivity index (χ1v) is 5.00. The van der Waals surface area contributed by atoms with E-state index in [1.54, 1.807) is 6.33 Å². The van der Waals surface area contributed by atoms with Gasteiger partial charge in [-0.1, -0.05) is 0 Å². The molecule has 1 atom stereocenters. The number of nitrogens with one attached hydrogen (secondary N) is 2. The number of aryl methyl sites for hydroxylation is 2. The number of aromatic nitrogens is 5. The molecule has 0 saturated carbocycles. The zero-order valence-electron chi connectivity index (χ0n) is 9.52. The molecule has 0 aliphatic carbocycles. The van der Waals surface area contributed by atoms with E-state index >= 15 is 0 Å². The van der Waals surface area contributed by atoms with Gasteiger partial charge in [-0.2, -0.15) is 0 Å². The van der Waals surface area contributed by atoms with Crippen molar-refractivity contribution in [1.29, 1.82) is 0 Å². The maximum Gasteiger partial charge on any atom is 0.169 e. The van der Waals surface area contributed by atoms with Gasteiger partial charge in [-0.3, -0.25) is 0 Å². The third-order valence-electron chi connectivity index (χ3n) is 2.34. The molecule has 0 aromatic carbocycles. The van der Waals surface area contributed by atoms with Gasteiger partial charge in [-0.05, 0) is 13.8 Å². The number of anilines is 2. The highest BCUT2D eigenvalue weighted by molar-refractivity contribution is 5.57. The Kier molecular flexibility index (Phi) is 2.51. The molecule has 0 bridgehead atoms. The van der Waals surface area contributed by atoms with E-state index in [4.69, 9.17) is 5.73 Å². The zero-order chi connectivity index (χ0) is 11.7. The molecule has 2 aromatic rings. The van der Waals surface area contributed by atoms with E-state index in [1.165, 1.54) is 0 Å². The minimum absolute atomic E-state index is 0.00231.